The van der Waals surface area contributed by atoms with Crippen molar-refractivity contribution in [1.82, 2.24) is 0 Å². The summed E-state index contributed by atoms with van der Waals surface area (Å²) in [5.41, 5.74) is 9.57. The van der Waals surface area contributed by atoms with Crippen molar-refractivity contribution in [3.8, 4) is 5.75 Å². The lowest BCUT2D eigenvalue weighted by atomic mass is 10.1. The van der Waals surface area contributed by atoms with Gasteiger partial charge in [-0.2, -0.15) is 0 Å². The van der Waals surface area contributed by atoms with Gasteiger partial charge >= 0.3 is 0 Å². The second-order valence-corrected chi connectivity index (χ2v) is 4.63. The molecule has 2 aromatic rings. The Labute approximate surface area is 118 Å². The van der Waals surface area contributed by atoms with E-state index in [2.05, 4.69) is 5.32 Å². The quantitative estimate of drug-likeness (QED) is 0.842. The highest BCUT2D eigenvalue weighted by molar-refractivity contribution is 6.10. The molecule has 4 nitrogen and oxygen atoms in total. The van der Waals surface area contributed by atoms with Gasteiger partial charge in [0.15, 0.2) is 0 Å². The largest absolute Gasteiger partial charge is 0.496 e. The van der Waals surface area contributed by atoms with Crippen molar-refractivity contribution >= 4 is 17.3 Å². The summed E-state index contributed by atoms with van der Waals surface area (Å²) in [6.45, 7) is 3.97. The van der Waals surface area contributed by atoms with E-state index in [-0.39, 0.29) is 5.91 Å². The number of ether oxygens (including phenoxy) is 1. The zero-order valence-electron chi connectivity index (χ0n) is 11.9. The van der Waals surface area contributed by atoms with Gasteiger partial charge in [0.1, 0.15) is 11.3 Å². The molecule has 104 valence electrons. The second-order valence-electron chi connectivity index (χ2n) is 4.63. The number of hydrogen-bond donors (Lipinski definition) is 2. The lowest BCUT2D eigenvalue weighted by molar-refractivity contribution is 0.102. The lowest BCUT2D eigenvalue weighted by Crippen LogP contribution is -2.16. The number of carbonyl (C=O) groups is 1. The SMILES string of the molecule is COc1cccc(N)c1C(=O)Nc1cccc(C)c1C. The molecular weight excluding hydrogens is 252 g/mol. The number of methoxy groups -OCH3 is 1. The molecule has 0 heterocycles. The number of carbonyl (C=O) groups excluding carboxylic acids is 1. The van der Waals surface area contributed by atoms with Crippen LogP contribution in [-0.2, 0) is 0 Å². The molecule has 0 saturated carbocycles. The molecule has 1 amide bonds. The summed E-state index contributed by atoms with van der Waals surface area (Å²) in [6, 6.07) is 10.9. The maximum absolute atomic E-state index is 12.4. The topological polar surface area (TPSA) is 64.3 Å². The van der Waals surface area contributed by atoms with Gasteiger partial charge in [0, 0.05) is 11.4 Å². The highest BCUT2D eigenvalue weighted by Crippen LogP contribution is 2.26. The average molecular weight is 270 g/mol. The summed E-state index contributed by atoms with van der Waals surface area (Å²) in [6.07, 6.45) is 0. The van der Waals surface area contributed by atoms with E-state index in [4.69, 9.17) is 10.5 Å². The summed E-state index contributed by atoms with van der Waals surface area (Å²) in [4.78, 5) is 12.4. The van der Waals surface area contributed by atoms with E-state index >= 15 is 0 Å². The van der Waals surface area contributed by atoms with Crippen LogP contribution in [0.15, 0.2) is 36.4 Å². The zero-order chi connectivity index (χ0) is 14.7. The molecule has 0 aliphatic rings. The Balaban J connectivity index is 2.36. The van der Waals surface area contributed by atoms with Gasteiger partial charge in [-0.1, -0.05) is 18.2 Å². The number of aryl methyl sites for hydroxylation is 1. The first-order valence-corrected chi connectivity index (χ1v) is 6.34. The first kappa shape index (κ1) is 13.9. The Morgan fingerprint density at radius 3 is 2.55 bits per heavy atom. The van der Waals surface area contributed by atoms with Gasteiger partial charge in [-0.05, 0) is 43.2 Å². The van der Waals surface area contributed by atoms with Crippen LogP contribution in [0, 0.1) is 13.8 Å². The monoisotopic (exact) mass is 270 g/mol. The van der Waals surface area contributed by atoms with Crippen molar-refractivity contribution in [3.63, 3.8) is 0 Å². The van der Waals surface area contributed by atoms with E-state index in [1.54, 1.807) is 18.2 Å². The third-order valence-corrected chi connectivity index (χ3v) is 3.36. The van der Waals surface area contributed by atoms with Crippen LogP contribution in [0.2, 0.25) is 0 Å². The van der Waals surface area contributed by atoms with Crippen molar-refractivity contribution in [1.29, 1.82) is 0 Å². The van der Waals surface area contributed by atoms with Crippen LogP contribution in [-0.4, -0.2) is 13.0 Å². The number of anilines is 2. The van der Waals surface area contributed by atoms with Crippen molar-refractivity contribution in [3.05, 3.63) is 53.1 Å². The van der Waals surface area contributed by atoms with E-state index in [0.717, 1.165) is 16.8 Å². The smallest absolute Gasteiger partial charge is 0.261 e. The molecule has 2 rings (SSSR count). The number of amides is 1. The third kappa shape index (κ3) is 2.59. The minimum absolute atomic E-state index is 0.270. The predicted octanol–water partition coefficient (Wildman–Crippen LogP) is 3.15. The van der Waals surface area contributed by atoms with Crippen molar-refractivity contribution in [2.75, 3.05) is 18.2 Å². The Morgan fingerprint density at radius 1 is 1.15 bits per heavy atom. The predicted molar refractivity (Wildman–Crippen MR) is 81.3 cm³/mol. The van der Waals surface area contributed by atoms with Crippen LogP contribution in [0.25, 0.3) is 0 Å². The fourth-order valence-electron chi connectivity index (χ4n) is 2.03. The van der Waals surface area contributed by atoms with Crippen molar-refractivity contribution in [2.24, 2.45) is 0 Å². The molecule has 0 aliphatic heterocycles. The van der Waals surface area contributed by atoms with E-state index in [1.165, 1.54) is 7.11 Å². The number of nitrogens with one attached hydrogen (secondary N) is 1. The number of hydrogen-bond acceptors (Lipinski definition) is 3. The first-order chi connectivity index (χ1) is 9.54. The molecule has 3 N–H and O–H groups in total. The second kappa shape index (κ2) is 5.65. The van der Waals surface area contributed by atoms with Crippen molar-refractivity contribution < 1.29 is 9.53 Å². The van der Waals surface area contributed by atoms with Gasteiger partial charge in [0.25, 0.3) is 5.91 Å². The van der Waals surface area contributed by atoms with Gasteiger partial charge in [-0.3, -0.25) is 4.79 Å². The van der Waals surface area contributed by atoms with Crippen LogP contribution in [0.4, 0.5) is 11.4 Å². The van der Waals surface area contributed by atoms with Gasteiger partial charge in [0.2, 0.25) is 0 Å². The van der Waals surface area contributed by atoms with Crippen LogP contribution >= 0.6 is 0 Å². The average Bonchev–Trinajstić information content (AvgIpc) is 2.43. The number of benzene rings is 2. The highest BCUT2D eigenvalue weighted by Gasteiger charge is 2.16. The Bertz CT molecular complexity index is 651. The van der Waals surface area contributed by atoms with E-state index in [0.29, 0.717) is 17.0 Å². The van der Waals surface area contributed by atoms with Crippen LogP contribution < -0.4 is 15.8 Å². The minimum atomic E-state index is -0.270. The van der Waals surface area contributed by atoms with E-state index < -0.39 is 0 Å². The summed E-state index contributed by atoms with van der Waals surface area (Å²) in [5, 5.41) is 2.88. The molecule has 0 spiro atoms. The molecule has 0 saturated heterocycles. The van der Waals surface area contributed by atoms with E-state index in [1.807, 2.05) is 32.0 Å². The minimum Gasteiger partial charge on any atom is -0.496 e. The first-order valence-electron chi connectivity index (χ1n) is 6.34. The molecule has 20 heavy (non-hydrogen) atoms. The summed E-state index contributed by atoms with van der Waals surface area (Å²) in [5.74, 6) is 0.196. The van der Waals surface area contributed by atoms with Crippen molar-refractivity contribution in [2.45, 2.75) is 13.8 Å². The molecule has 0 atom stereocenters. The molecular formula is C16H18N2O2. The van der Waals surface area contributed by atoms with E-state index in [9.17, 15) is 4.79 Å². The normalized spacial score (nSPS) is 10.2. The maximum atomic E-state index is 12.4. The van der Waals surface area contributed by atoms with Crippen LogP contribution in [0.1, 0.15) is 21.5 Å². The summed E-state index contributed by atoms with van der Waals surface area (Å²) >= 11 is 0. The molecule has 0 radical (unpaired) electrons. The molecule has 2 aromatic carbocycles. The summed E-state index contributed by atoms with van der Waals surface area (Å²) < 4.78 is 5.20. The van der Waals surface area contributed by atoms with Gasteiger partial charge in [0.05, 0.1) is 7.11 Å². The molecule has 0 bridgehead atoms. The van der Waals surface area contributed by atoms with Gasteiger partial charge in [-0.15, -0.1) is 0 Å². The number of nitrogen functional groups attached to an aromatic ring is 1. The number of rotatable bonds is 3. The molecule has 0 aromatic heterocycles. The molecule has 0 aliphatic carbocycles. The Kier molecular flexibility index (Phi) is 3.94. The standard InChI is InChI=1S/C16H18N2O2/c1-10-6-4-8-13(11(10)2)18-16(19)15-12(17)7-5-9-14(15)20-3/h4-9H,17H2,1-3H3,(H,18,19). The van der Waals surface area contributed by atoms with Crippen LogP contribution in [0.3, 0.4) is 0 Å². The molecule has 0 unspecified atom stereocenters. The Hall–Kier alpha value is -2.49. The number of nitrogens with two attached hydrogens (primary N) is 1. The molecule has 4 heteroatoms. The third-order valence-electron chi connectivity index (χ3n) is 3.36. The highest BCUT2D eigenvalue weighted by atomic mass is 16.5. The lowest BCUT2D eigenvalue weighted by Gasteiger charge is -2.13. The zero-order valence-corrected chi connectivity index (χ0v) is 11.9. The van der Waals surface area contributed by atoms with Gasteiger partial charge < -0.3 is 15.8 Å². The fraction of sp³-hybridized carbons (Fsp3) is 0.188. The van der Waals surface area contributed by atoms with Gasteiger partial charge in [-0.25, -0.2) is 0 Å². The summed E-state index contributed by atoms with van der Waals surface area (Å²) in [7, 11) is 1.52. The van der Waals surface area contributed by atoms with Crippen LogP contribution in [0.5, 0.6) is 5.75 Å². The maximum Gasteiger partial charge on any atom is 0.261 e. The molecule has 0 fully saturated rings. The fourth-order valence-corrected chi connectivity index (χ4v) is 2.03. The Morgan fingerprint density at radius 2 is 1.85 bits per heavy atom.